The number of nitrogens with one attached hydrogen (secondary N) is 2. The number of hydrogen-bond acceptors (Lipinski definition) is 6. The molecular formula is C24H32IN3O5. The zero-order chi connectivity index (χ0) is 22.2. The van der Waals surface area contributed by atoms with E-state index < -0.39 is 0 Å². The second kappa shape index (κ2) is 12.7. The summed E-state index contributed by atoms with van der Waals surface area (Å²) in [6.45, 7) is 8.15. The average molecular weight is 569 g/mol. The van der Waals surface area contributed by atoms with E-state index in [-0.39, 0.29) is 36.9 Å². The van der Waals surface area contributed by atoms with Gasteiger partial charge >= 0.3 is 0 Å². The van der Waals surface area contributed by atoms with E-state index in [2.05, 4.69) is 35.8 Å². The van der Waals surface area contributed by atoms with E-state index in [0.717, 1.165) is 53.9 Å². The lowest BCUT2D eigenvalue weighted by molar-refractivity contribution is 0.140. The molecule has 4 rings (SSSR count). The van der Waals surface area contributed by atoms with Gasteiger partial charge < -0.3 is 34.3 Å². The first-order valence-corrected chi connectivity index (χ1v) is 11.1. The first kappa shape index (κ1) is 25.2. The van der Waals surface area contributed by atoms with E-state index in [0.29, 0.717) is 32.1 Å². The fourth-order valence-electron chi connectivity index (χ4n) is 3.50. The van der Waals surface area contributed by atoms with Gasteiger partial charge in [0.05, 0.1) is 26.3 Å². The van der Waals surface area contributed by atoms with Gasteiger partial charge in [0.1, 0.15) is 24.2 Å². The van der Waals surface area contributed by atoms with Crippen LogP contribution in [0.15, 0.2) is 41.4 Å². The van der Waals surface area contributed by atoms with Crippen LogP contribution in [0.4, 0.5) is 0 Å². The zero-order valence-corrected chi connectivity index (χ0v) is 21.4. The molecule has 2 N–H and O–H groups in total. The minimum absolute atomic E-state index is 0. The number of nitrogens with zero attached hydrogens (tertiary/aromatic N) is 1. The number of fused-ring (bicyclic) bond motifs is 1. The first-order valence-electron chi connectivity index (χ1n) is 11.1. The highest BCUT2D eigenvalue weighted by Gasteiger charge is 2.19. The summed E-state index contributed by atoms with van der Waals surface area (Å²) in [6, 6.07) is 11.8. The Kier molecular flexibility index (Phi) is 9.74. The topological polar surface area (TPSA) is 82.6 Å². The standard InChI is InChI=1S/C24H31N3O5.HI/c1-3-25-24(26-9-11-29-19-6-7-21-23(13-19)31-16-30-21)27-14-18-5-4-17(2)12-22(18)32-20-8-10-28-15-20;/h4-7,12-13,20H,3,8-11,14-16H2,1-2H3,(H2,25,26,27);1H. The van der Waals surface area contributed by atoms with E-state index in [1.807, 2.05) is 25.1 Å². The molecular weight excluding hydrogens is 537 g/mol. The molecule has 0 spiro atoms. The lowest BCUT2D eigenvalue weighted by atomic mass is 10.1. The average Bonchev–Trinajstić information content (AvgIpc) is 3.47. The molecule has 2 heterocycles. The number of benzene rings is 2. The van der Waals surface area contributed by atoms with Crippen molar-refractivity contribution < 1.29 is 23.7 Å². The van der Waals surface area contributed by atoms with Gasteiger partial charge in [-0.3, -0.25) is 0 Å². The van der Waals surface area contributed by atoms with Crippen molar-refractivity contribution in [1.29, 1.82) is 0 Å². The van der Waals surface area contributed by atoms with Gasteiger partial charge in [-0.05, 0) is 37.6 Å². The van der Waals surface area contributed by atoms with Gasteiger partial charge in [-0.15, -0.1) is 24.0 Å². The predicted octanol–water partition coefficient (Wildman–Crippen LogP) is 3.64. The lowest BCUT2D eigenvalue weighted by Crippen LogP contribution is -2.39. The molecule has 2 aromatic carbocycles. The molecule has 0 aromatic heterocycles. The highest BCUT2D eigenvalue weighted by molar-refractivity contribution is 14.0. The van der Waals surface area contributed by atoms with Crippen molar-refractivity contribution in [3.63, 3.8) is 0 Å². The molecule has 2 aliphatic rings. The monoisotopic (exact) mass is 569 g/mol. The Hall–Kier alpha value is -2.40. The van der Waals surface area contributed by atoms with E-state index in [9.17, 15) is 0 Å². The second-order valence-corrected chi connectivity index (χ2v) is 7.70. The Morgan fingerprint density at radius 1 is 1.12 bits per heavy atom. The van der Waals surface area contributed by atoms with Crippen LogP contribution in [0.3, 0.4) is 0 Å². The van der Waals surface area contributed by atoms with Crippen molar-refractivity contribution in [3.8, 4) is 23.0 Å². The van der Waals surface area contributed by atoms with Crippen LogP contribution in [0.2, 0.25) is 0 Å². The second-order valence-electron chi connectivity index (χ2n) is 7.70. The molecule has 33 heavy (non-hydrogen) atoms. The number of aryl methyl sites for hydroxylation is 1. The summed E-state index contributed by atoms with van der Waals surface area (Å²) < 4.78 is 28.1. The summed E-state index contributed by atoms with van der Waals surface area (Å²) in [5.74, 6) is 3.82. The summed E-state index contributed by atoms with van der Waals surface area (Å²) in [6.07, 6.45) is 1.03. The Bertz CT molecular complexity index is 934. The molecule has 1 fully saturated rings. The summed E-state index contributed by atoms with van der Waals surface area (Å²) in [5.41, 5.74) is 2.22. The van der Waals surface area contributed by atoms with E-state index in [1.165, 1.54) is 0 Å². The molecule has 2 aromatic rings. The van der Waals surface area contributed by atoms with Crippen molar-refractivity contribution in [2.24, 2.45) is 4.99 Å². The number of rotatable bonds is 9. The molecule has 8 nitrogen and oxygen atoms in total. The highest BCUT2D eigenvalue weighted by atomic mass is 127. The predicted molar refractivity (Wildman–Crippen MR) is 137 cm³/mol. The normalized spacial score (nSPS) is 16.8. The van der Waals surface area contributed by atoms with Crippen LogP contribution in [0.25, 0.3) is 0 Å². The molecule has 1 saturated heterocycles. The quantitative estimate of drug-likeness (QED) is 0.207. The van der Waals surface area contributed by atoms with Crippen LogP contribution < -0.4 is 29.6 Å². The van der Waals surface area contributed by atoms with Crippen LogP contribution in [0.1, 0.15) is 24.5 Å². The van der Waals surface area contributed by atoms with E-state index >= 15 is 0 Å². The lowest BCUT2D eigenvalue weighted by Gasteiger charge is -2.16. The summed E-state index contributed by atoms with van der Waals surface area (Å²) in [5, 5.41) is 6.59. The zero-order valence-electron chi connectivity index (χ0n) is 19.1. The van der Waals surface area contributed by atoms with Crippen molar-refractivity contribution in [2.45, 2.75) is 32.9 Å². The maximum Gasteiger partial charge on any atom is 0.231 e. The number of hydrogen-bond donors (Lipinski definition) is 2. The molecule has 0 aliphatic carbocycles. The van der Waals surface area contributed by atoms with Crippen LogP contribution in [0.5, 0.6) is 23.0 Å². The Morgan fingerprint density at radius 2 is 2.00 bits per heavy atom. The van der Waals surface area contributed by atoms with Gasteiger partial charge in [0, 0.05) is 24.6 Å². The van der Waals surface area contributed by atoms with Gasteiger partial charge in [-0.25, -0.2) is 4.99 Å². The summed E-state index contributed by atoms with van der Waals surface area (Å²) >= 11 is 0. The SMILES string of the molecule is CCNC(=NCc1ccc(C)cc1OC1CCOC1)NCCOc1ccc2c(c1)OCO2.I. The minimum Gasteiger partial charge on any atom is -0.492 e. The fourth-order valence-corrected chi connectivity index (χ4v) is 3.50. The van der Waals surface area contributed by atoms with Crippen LogP contribution >= 0.6 is 24.0 Å². The Morgan fingerprint density at radius 3 is 2.82 bits per heavy atom. The Labute approximate surface area is 212 Å². The fraction of sp³-hybridized carbons (Fsp3) is 0.458. The molecule has 9 heteroatoms. The molecule has 0 amide bonds. The number of aliphatic imine (C=N–C) groups is 1. The summed E-state index contributed by atoms with van der Waals surface area (Å²) in [4.78, 5) is 4.73. The third kappa shape index (κ3) is 7.29. The molecule has 1 atom stereocenters. The van der Waals surface area contributed by atoms with Crippen LogP contribution in [-0.2, 0) is 11.3 Å². The maximum absolute atomic E-state index is 6.18. The smallest absolute Gasteiger partial charge is 0.231 e. The molecule has 2 aliphatic heterocycles. The van der Waals surface area contributed by atoms with Gasteiger partial charge in [0.2, 0.25) is 6.79 Å². The van der Waals surface area contributed by atoms with Crippen LogP contribution in [0, 0.1) is 6.92 Å². The van der Waals surface area contributed by atoms with E-state index in [4.69, 9.17) is 28.7 Å². The van der Waals surface area contributed by atoms with Gasteiger partial charge in [-0.1, -0.05) is 12.1 Å². The number of guanidine groups is 1. The third-order valence-electron chi connectivity index (χ3n) is 5.16. The van der Waals surface area contributed by atoms with Gasteiger partial charge in [-0.2, -0.15) is 0 Å². The molecule has 1 unspecified atom stereocenters. The number of halogens is 1. The third-order valence-corrected chi connectivity index (χ3v) is 5.16. The van der Waals surface area contributed by atoms with Crippen LogP contribution in [-0.4, -0.2) is 51.8 Å². The maximum atomic E-state index is 6.18. The highest BCUT2D eigenvalue weighted by Crippen LogP contribution is 2.35. The van der Waals surface area contributed by atoms with Crippen molar-refractivity contribution in [2.75, 3.05) is 39.7 Å². The minimum atomic E-state index is 0. The van der Waals surface area contributed by atoms with Crippen molar-refractivity contribution in [3.05, 3.63) is 47.5 Å². The molecule has 0 radical (unpaired) electrons. The van der Waals surface area contributed by atoms with E-state index in [1.54, 1.807) is 0 Å². The summed E-state index contributed by atoms with van der Waals surface area (Å²) in [7, 11) is 0. The number of ether oxygens (including phenoxy) is 5. The largest absolute Gasteiger partial charge is 0.492 e. The van der Waals surface area contributed by atoms with Gasteiger partial charge in [0.25, 0.3) is 0 Å². The van der Waals surface area contributed by atoms with Crippen molar-refractivity contribution >= 4 is 29.9 Å². The molecule has 0 bridgehead atoms. The van der Waals surface area contributed by atoms with Gasteiger partial charge in [0.15, 0.2) is 17.5 Å². The Balaban J connectivity index is 0.00000306. The first-order chi connectivity index (χ1) is 15.7. The molecule has 0 saturated carbocycles. The van der Waals surface area contributed by atoms with Crippen molar-refractivity contribution in [1.82, 2.24) is 10.6 Å². The molecule has 180 valence electrons.